The highest BCUT2D eigenvalue weighted by Crippen LogP contribution is 2.25. The molecular weight excluding hydrogens is 281 g/mol. The van der Waals surface area contributed by atoms with Crippen LogP contribution in [0.25, 0.3) is 0 Å². The monoisotopic (exact) mass is 301 g/mol. The van der Waals surface area contributed by atoms with Crippen LogP contribution in [0.2, 0.25) is 10.0 Å². The van der Waals surface area contributed by atoms with Gasteiger partial charge in [0.15, 0.2) is 0 Å². The Morgan fingerprint density at radius 3 is 2.42 bits per heavy atom. The average molecular weight is 302 g/mol. The number of benzene rings is 1. The zero-order valence-electron chi connectivity index (χ0n) is 11.0. The van der Waals surface area contributed by atoms with Crippen molar-refractivity contribution in [3.63, 3.8) is 0 Å². The third-order valence-corrected chi connectivity index (χ3v) is 4.52. The Morgan fingerprint density at radius 1 is 1.11 bits per heavy atom. The van der Waals surface area contributed by atoms with E-state index in [9.17, 15) is 5.11 Å². The van der Waals surface area contributed by atoms with Crippen LogP contribution < -0.4 is 5.32 Å². The van der Waals surface area contributed by atoms with Crippen LogP contribution in [-0.2, 0) is 0 Å². The summed E-state index contributed by atoms with van der Waals surface area (Å²) in [6, 6.07) is 5.84. The van der Waals surface area contributed by atoms with E-state index in [1.165, 1.54) is 38.5 Å². The van der Waals surface area contributed by atoms with Gasteiger partial charge in [0.25, 0.3) is 0 Å². The van der Waals surface area contributed by atoms with Gasteiger partial charge in [-0.15, -0.1) is 0 Å². The zero-order chi connectivity index (χ0) is 13.7. The molecule has 1 aliphatic carbocycles. The molecule has 2 N–H and O–H groups in total. The summed E-state index contributed by atoms with van der Waals surface area (Å²) in [4.78, 5) is 0. The molecule has 1 saturated carbocycles. The quantitative estimate of drug-likeness (QED) is 0.811. The van der Waals surface area contributed by atoms with Crippen molar-refractivity contribution in [2.24, 2.45) is 0 Å². The number of hydrogen-bond acceptors (Lipinski definition) is 2. The third-order valence-electron chi connectivity index (χ3n) is 3.78. The van der Waals surface area contributed by atoms with Crippen molar-refractivity contribution < 1.29 is 5.11 Å². The van der Waals surface area contributed by atoms with E-state index in [-0.39, 0.29) is 0 Å². The Balaban J connectivity index is 1.85. The number of aliphatic hydroxyl groups excluding tert-OH is 1. The summed E-state index contributed by atoms with van der Waals surface area (Å²) in [7, 11) is 0. The molecule has 106 valence electrons. The minimum atomic E-state index is -0.530. The Morgan fingerprint density at radius 2 is 1.79 bits per heavy atom. The van der Waals surface area contributed by atoms with Crippen LogP contribution in [0.4, 0.5) is 0 Å². The highest BCUT2D eigenvalue weighted by Gasteiger charge is 2.14. The molecule has 1 atom stereocenters. The lowest BCUT2D eigenvalue weighted by atomic mass is 10.1. The largest absolute Gasteiger partial charge is 0.387 e. The van der Waals surface area contributed by atoms with Gasteiger partial charge in [0, 0.05) is 12.6 Å². The Kier molecular flexibility index (Phi) is 5.96. The number of hydrogen-bond donors (Lipinski definition) is 2. The van der Waals surface area contributed by atoms with E-state index in [1.807, 2.05) is 6.07 Å². The van der Waals surface area contributed by atoms with Crippen molar-refractivity contribution in [1.29, 1.82) is 0 Å². The highest BCUT2D eigenvalue weighted by molar-refractivity contribution is 6.42. The predicted octanol–water partition coefficient (Wildman–Crippen LogP) is 4.34. The summed E-state index contributed by atoms with van der Waals surface area (Å²) in [5.74, 6) is 0. The van der Waals surface area contributed by atoms with Gasteiger partial charge in [0.1, 0.15) is 0 Å². The first-order chi connectivity index (χ1) is 9.16. The maximum absolute atomic E-state index is 10.2. The summed E-state index contributed by atoms with van der Waals surface area (Å²) >= 11 is 11.8. The van der Waals surface area contributed by atoms with E-state index in [1.54, 1.807) is 12.1 Å². The molecule has 0 saturated heterocycles. The second-order valence-electron chi connectivity index (χ2n) is 5.29. The van der Waals surface area contributed by atoms with E-state index in [0.717, 1.165) is 5.56 Å². The average Bonchev–Trinajstić information content (AvgIpc) is 2.67. The summed E-state index contributed by atoms with van der Waals surface area (Å²) in [6.07, 6.45) is 7.17. The van der Waals surface area contributed by atoms with Crippen molar-refractivity contribution in [3.05, 3.63) is 33.8 Å². The van der Waals surface area contributed by atoms with E-state index in [0.29, 0.717) is 22.6 Å². The molecule has 2 rings (SSSR count). The third kappa shape index (κ3) is 4.64. The lowest BCUT2D eigenvalue weighted by Gasteiger charge is -2.19. The topological polar surface area (TPSA) is 32.3 Å². The van der Waals surface area contributed by atoms with Crippen LogP contribution in [0, 0.1) is 0 Å². The van der Waals surface area contributed by atoms with Crippen LogP contribution in [0.15, 0.2) is 18.2 Å². The maximum atomic E-state index is 10.2. The van der Waals surface area contributed by atoms with E-state index in [2.05, 4.69) is 5.32 Å². The molecule has 1 aliphatic rings. The molecule has 0 aromatic heterocycles. The number of nitrogens with one attached hydrogen (secondary N) is 1. The molecule has 1 fully saturated rings. The molecule has 0 heterocycles. The highest BCUT2D eigenvalue weighted by atomic mass is 35.5. The van der Waals surface area contributed by atoms with Gasteiger partial charge < -0.3 is 10.4 Å². The van der Waals surface area contributed by atoms with Crippen molar-refractivity contribution in [2.45, 2.75) is 50.7 Å². The minimum absolute atomic E-state index is 0.493. The first-order valence-electron chi connectivity index (χ1n) is 7.03. The van der Waals surface area contributed by atoms with Crippen LogP contribution in [-0.4, -0.2) is 17.7 Å². The first-order valence-corrected chi connectivity index (χ1v) is 7.79. The minimum Gasteiger partial charge on any atom is -0.387 e. The lowest BCUT2D eigenvalue weighted by Crippen LogP contribution is -2.32. The number of halogens is 2. The molecule has 0 aliphatic heterocycles. The van der Waals surface area contributed by atoms with Crippen LogP contribution >= 0.6 is 23.2 Å². The lowest BCUT2D eigenvalue weighted by molar-refractivity contribution is 0.168. The molecule has 2 nitrogen and oxygen atoms in total. The second-order valence-corrected chi connectivity index (χ2v) is 6.10. The number of aliphatic hydroxyl groups is 1. The maximum Gasteiger partial charge on any atom is 0.0915 e. The molecule has 19 heavy (non-hydrogen) atoms. The van der Waals surface area contributed by atoms with Gasteiger partial charge in [0.05, 0.1) is 16.1 Å². The van der Waals surface area contributed by atoms with Gasteiger partial charge >= 0.3 is 0 Å². The molecule has 0 spiro atoms. The predicted molar refractivity (Wildman–Crippen MR) is 80.9 cm³/mol. The van der Waals surface area contributed by atoms with Gasteiger partial charge in [-0.05, 0) is 30.5 Å². The molecular formula is C15H21Cl2NO. The van der Waals surface area contributed by atoms with E-state index in [4.69, 9.17) is 23.2 Å². The van der Waals surface area contributed by atoms with Crippen molar-refractivity contribution in [2.75, 3.05) is 6.54 Å². The molecule has 1 aromatic rings. The summed E-state index contributed by atoms with van der Waals surface area (Å²) < 4.78 is 0. The smallest absolute Gasteiger partial charge is 0.0915 e. The van der Waals surface area contributed by atoms with Crippen LogP contribution in [0.3, 0.4) is 0 Å². The van der Waals surface area contributed by atoms with Gasteiger partial charge in [0.2, 0.25) is 0 Å². The standard InChI is InChI=1S/C15H21Cl2NO/c16-13-8-7-11(9-14(13)17)15(19)10-18-12-5-3-1-2-4-6-12/h7-9,12,15,18-19H,1-6,10H2. The Labute approximate surface area is 125 Å². The Hall–Kier alpha value is -0.280. The van der Waals surface area contributed by atoms with E-state index < -0.39 is 6.10 Å². The fourth-order valence-corrected chi connectivity index (χ4v) is 2.91. The molecule has 0 radical (unpaired) electrons. The van der Waals surface area contributed by atoms with Crippen molar-refractivity contribution >= 4 is 23.2 Å². The second kappa shape index (κ2) is 7.49. The first kappa shape index (κ1) is 15.1. The van der Waals surface area contributed by atoms with Crippen LogP contribution in [0.5, 0.6) is 0 Å². The van der Waals surface area contributed by atoms with Crippen LogP contribution in [0.1, 0.15) is 50.2 Å². The molecule has 1 aromatic carbocycles. The van der Waals surface area contributed by atoms with E-state index >= 15 is 0 Å². The molecule has 4 heteroatoms. The fourth-order valence-electron chi connectivity index (χ4n) is 2.60. The normalized spacial score (nSPS) is 19.1. The molecule has 0 amide bonds. The zero-order valence-corrected chi connectivity index (χ0v) is 12.6. The molecule has 1 unspecified atom stereocenters. The van der Waals surface area contributed by atoms with Gasteiger partial charge in [-0.3, -0.25) is 0 Å². The van der Waals surface area contributed by atoms with Gasteiger partial charge in [-0.1, -0.05) is 55.0 Å². The summed E-state index contributed by atoms with van der Waals surface area (Å²) in [5, 5.41) is 14.7. The van der Waals surface area contributed by atoms with Gasteiger partial charge in [-0.2, -0.15) is 0 Å². The van der Waals surface area contributed by atoms with Crippen molar-refractivity contribution in [1.82, 2.24) is 5.32 Å². The van der Waals surface area contributed by atoms with Gasteiger partial charge in [-0.25, -0.2) is 0 Å². The summed E-state index contributed by atoms with van der Waals surface area (Å²) in [6.45, 7) is 0.572. The SMILES string of the molecule is OC(CNC1CCCCCC1)c1ccc(Cl)c(Cl)c1. The summed E-state index contributed by atoms with van der Waals surface area (Å²) in [5.41, 5.74) is 0.815. The number of rotatable bonds is 4. The molecule has 0 bridgehead atoms. The Bertz CT molecular complexity index is 403. The van der Waals surface area contributed by atoms with Crippen molar-refractivity contribution in [3.8, 4) is 0 Å². The fraction of sp³-hybridized carbons (Fsp3) is 0.600.